The van der Waals surface area contributed by atoms with Gasteiger partial charge in [-0.3, -0.25) is 9.59 Å². The van der Waals surface area contributed by atoms with Gasteiger partial charge in [0.1, 0.15) is 13.2 Å². The summed E-state index contributed by atoms with van der Waals surface area (Å²) in [5.74, 6) is -4.53. The van der Waals surface area contributed by atoms with E-state index >= 15 is 0 Å². The van der Waals surface area contributed by atoms with Crippen LogP contribution >= 0.6 is 11.6 Å². The lowest BCUT2D eigenvalue weighted by atomic mass is 9.94. The lowest BCUT2D eigenvalue weighted by molar-refractivity contribution is -0.160. The average molecular weight is 423 g/mol. The Hall–Kier alpha value is -3.44. The van der Waals surface area contributed by atoms with E-state index in [0.717, 1.165) is 11.1 Å². The second-order valence-corrected chi connectivity index (χ2v) is 6.88. The van der Waals surface area contributed by atoms with E-state index in [1.807, 2.05) is 12.1 Å². The number of hydrogen-bond acceptors (Lipinski definition) is 5. The van der Waals surface area contributed by atoms with E-state index in [9.17, 15) is 14.4 Å². The van der Waals surface area contributed by atoms with E-state index in [1.165, 1.54) is 12.1 Å². The highest BCUT2D eigenvalue weighted by Gasteiger charge is 2.37. The van der Waals surface area contributed by atoms with Crippen LogP contribution in [0.2, 0.25) is 5.02 Å². The minimum Gasteiger partial charge on any atom is -0.460 e. The van der Waals surface area contributed by atoms with Crippen LogP contribution in [0.15, 0.2) is 84.9 Å². The van der Waals surface area contributed by atoms with Gasteiger partial charge in [0.15, 0.2) is 5.92 Å². The van der Waals surface area contributed by atoms with E-state index in [0.29, 0.717) is 0 Å². The van der Waals surface area contributed by atoms with Crippen molar-refractivity contribution in [2.24, 2.45) is 0 Å². The van der Waals surface area contributed by atoms with Crippen molar-refractivity contribution in [2.45, 2.75) is 19.1 Å². The quantitative estimate of drug-likeness (QED) is 0.304. The molecule has 0 heterocycles. The number of halogens is 1. The van der Waals surface area contributed by atoms with Gasteiger partial charge in [0.2, 0.25) is 0 Å². The number of ether oxygens (including phenoxy) is 2. The molecule has 0 aliphatic rings. The number of benzene rings is 3. The van der Waals surface area contributed by atoms with Crippen LogP contribution in [0.25, 0.3) is 0 Å². The van der Waals surface area contributed by atoms with Crippen LogP contribution in [0.1, 0.15) is 22.6 Å². The molecule has 1 atom stereocenters. The second-order valence-electron chi connectivity index (χ2n) is 6.47. The standard InChI is InChI=1S/C24H19ClO5/c25-20-14-8-7-13-19(20)21(23(27)29-15-17-9-3-1-4-10-17)22(26)24(28)30-16-18-11-5-2-6-12-18/h1-14,21H,15-16H2/t21-/m1/s1. The number of carbonyl (C=O) groups excluding carboxylic acids is 3. The Kier molecular flexibility index (Phi) is 7.35. The molecule has 3 aromatic carbocycles. The molecule has 3 aromatic rings. The highest BCUT2D eigenvalue weighted by Crippen LogP contribution is 2.27. The summed E-state index contributed by atoms with van der Waals surface area (Å²) in [6, 6.07) is 24.3. The summed E-state index contributed by atoms with van der Waals surface area (Å²) >= 11 is 6.19. The molecule has 0 aliphatic heterocycles. The molecule has 0 radical (unpaired) electrons. The molecule has 0 spiro atoms. The topological polar surface area (TPSA) is 69.7 Å². The third-order valence-corrected chi connectivity index (χ3v) is 4.70. The summed E-state index contributed by atoms with van der Waals surface area (Å²) in [5, 5.41) is 0.184. The Bertz CT molecular complexity index is 1020. The van der Waals surface area contributed by atoms with Crippen molar-refractivity contribution in [1.29, 1.82) is 0 Å². The van der Waals surface area contributed by atoms with Gasteiger partial charge in [0, 0.05) is 5.02 Å². The van der Waals surface area contributed by atoms with E-state index in [-0.39, 0.29) is 23.8 Å². The molecule has 0 amide bonds. The Balaban J connectivity index is 1.76. The first-order chi connectivity index (χ1) is 14.6. The van der Waals surface area contributed by atoms with Gasteiger partial charge in [-0.05, 0) is 22.8 Å². The van der Waals surface area contributed by atoms with Gasteiger partial charge in [0.25, 0.3) is 5.78 Å². The lowest BCUT2D eigenvalue weighted by Gasteiger charge is -2.16. The van der Waals surface area contributed by atoms with Crippen molar-refractivity contribution >= 4 is 29.3 Å². The number of hydrogen-bond donors (Lipinski definition) is 0. The molecule has 0 aliphatic carbocycles. The first-order valence-electron chi connectivity index (χ1n) is 9.26. The maximum absolute atomic E-state index is 12.8. The molecule has 3 rings (SSSR count). The summed E-state index contributed by atoms with van der Waals surface area (Å²) in [7, 11) is 0. The molecular weight excluding hydrogens is 404 g/mol. The summed E-state index contributed by atoms with van der Waals surface area (Å²) in [6.45, 7) is -0.118. The lowest BCUT2D eigenvalue weighted by Crippen LogP contribution is -2.31. The maximum atomic E-state index is 12.8. The fraction of sp³-hybridized carbons (Fsp3) is 0.125. The first kappa shape index (κ1) is 21.3. The molecule has 152 valence electrons. The van der Waals surface area contributed by atoms with Crippen LogP contribution in [0.3, 0.4) is 0 Å². The zero-order chi connectivity index (χ0) is 21.3. The Morgan fingerprint density at radius 2 is 1.20 bits per heavy atom. The van der Waals surface area contributed by atoms with Crippen LogP contribution in [-0.2, 0) is 37.1 Å². The molecule has 0 saturated heterocycles. The Labute approximate surface area is 179 Å². The maximum Gasteiger partial charge on any atom is 0.376 e. The third kappa shape index (κ3) is 5.55. The third-order valence-electron chi connectivity index (χ3n) is 4.35. The molecule has 0 saturated carbocycles. The largest absolute Gasteiger partial charge is 0.460 e. The van der Waals surface area contributed by atoms with Gasteiger partial charge in [-0.15, -0.1) is 0 Å². The van der Waals surface area contributed by atoms with Crippen LogP contribution in [0.4, 0.5) is 0 Å². The Morgan fingerprint density at radius 1 is 0.700 bits per heavy atom. The SMILES string of the molecule is O=C(OCc1ccccc1)C(=O)[C@H](C(=O)OCc1ccccc1)c1ccccc1Cl. The van der Waals surface area contributed by atoms with Crippen molar-refractivity contribution in [3.05, 3.63) is 107 Å². The average Bonchev–Trinajstić information content (AvgIpc) is 2.79. The van der Waals surface area contributed by atoms with Crippen LogP contribution < -0.4 is 0 Å². The van der Waals surface area contributed by atoms with Gasteiger partial charge < -0.3 is 9.47 Å². The monoisotopic (exact) mass is 422 g/mol. The number of carbonyl (C=O) groups is 3. The van der Waals surface area contributed by atoms with Gasteiger partial charge >= 0.3 is 11.9 Å². The van der Waals surface area contributed by atoms with E-state index in [4.69, 9.17) is 21.1 Å². The molecule has 0 N–H and O–H groups in total. The van der Waals surface area contributed by atoms with Crippen LogP contribution in [0.5, 0.6) is 0 Å². The van der Waals surface area contributed by atoms with Crippen molar-refractivity contribution < 1.29 is 23.9 Å². The highest BCUT2D eigenvalue weighted by atomic mass is 35.5. The van der Waals surface area contributed by atoms with E-state index in [2.05, 4.69) is 0 Å². The van der Waals surface area contributed by atoms with Crippen molar-refractivity contribution in [3.63, 3.8) is 0 Å². The number of esters is 2. The summed E-state index contributed by atoms with van der Waals surface area (Å²) in [4.78, 5) is 38.0. The molecule has 30 heavy (non-hydrogen) atoms. The fourth-order valence-electron chi connectivity index (χ4n) is 2.81. The summed E-state index contributed by atoms with van der Waals surface area (Å²) in [5.41, 5.74) is 1.67. The molecule has 6 heteroatoms. The normalized spacial score (nSPS) is 11.4. The van der Waals surface area contributed by atoms with Crippen LogP contribution in [-0.4, -0.2) is 17.7 Å². The van der Waals surface area contributed by atoms with Gasteiger partial charge in [-0.1, -0.05) is 90.5 Å². The van der Waals surface area contributed by atoms with E-state index < -0.39 is 23.6 Å². The zero-order valence-corrected chi connectivity index (χ0v) is 16.7. The van der Waals surface area contributed by atoms with Gasteiger partial charge in [-0.25, -0.2) is 4.79 Å². The Morgan fingerprint density at radius 3 is 1.77 bits per heavy atom. The molecule has 0 unspecified atom stereocenters. The number of rotatable bonds is 8. The summed E-state index contributed by atoms with van der Waals surface area (Å²) in [6.07, 6.45) is 0. The van der Waals surface area contributed by atoms with E-state index in [1.54, 1.807) is 60.7 Å². The van der Waals surface area contributed by atoms with Crippen molar-refractivity contribution in [2.75, 3.05) is 0 Å². The number of Topliss-reactive ketones (excluding diaryl/α,β-unsaturated/α-hetero) is 1. The second kappa shape index (κ2) is 10.4. The molecule has 0 aromatic heterocycles. The van der Waals surface area contributed by atoms with Gasteiger partial charge in [0.05, 0.1) is 0 Å². The predicted octanol–water partition coefficient (Wildman–Crippen LogP) is 4.48. The highest BCUT2D eigenvalue weighted by molar-refractivity contribution is 6.41. The molecular formula is C24H19ClO5. The van der Waals surface area contributed by atoms with Crippen LogP contribution in [0, 0.1) is 0 Å². The minimum absolute atomic E-state index is 0.0348. The predicted molar refractivity (Wildman–Crippen MR) is 112 cm³/mol. The van der Waals surface area contributed by atoms with Crippen molar-refractivity contribution in [1.82, 2.24) is 0 Å². The minimum atomic E-state index is -1.51. The van der Waals surface area contributed by atoms with Crippen molar-refractivity contribution in [3.8, 4) is 0 Å². The molecule has 0 bridgehead atoms. The zero-order valence-electron chi connectivity index (χ0n) is 16.0. The van der Waals surface area contributed by atoms with Gasteiger partial charge in [-0.2, -0.15) is 0 Å². The first-order valence-corrected chi connectivity index (χ1v) is 9.64. The molecule has 0 fully saturated rings. The summed E-state index contributed by atoms with van der Waals surface area (Å²) < 4.78 is 10.4. The number of ketones is 1. The molecule has 5 nitrogen and oxygen atoms in total. The smallest absolute Gasteiger partial charge is 0.376 e. The fourth-order valence-corrected chi connectivity index (χ4v) is 3.05.